The van der Waals surface area contributed by atoms with Crippen LogP contribution in [-0.4, -0.2) is 22.0 Å². The maximum atomic E-state index is 4.15. The van der Waals surface area contributed by atoms with Crippen molar-refractivity contribution in [2.75, 3.05) is 0 Å². The van der Waals surface area contributed by atoms with E-state index in [1.165, 1.54) is 18.4 Å². The number of hydrogen-bond acceptors (Lipinski definition) is 2. The summed E-state index contributed by atoms with van der Waals surface area (Å²) in [6.07, 6.45) is 6.55. The average Bonchev–Trinajstić information content (AvgIpc) is 2.99. The molecule has 0 aliphatic heterocycles. The minimum atomic E-state index is 0.641. The molecule has 1 heterocycles. The molecule has 0 radical (unpaired) electrons. The highest BCUT2D eigenvalue weighted by Crippen LogP contribution is 2.29. The van der Waals surface area contributed by atoms with Crippen molar-refractivity contribution >= 4 is 0 Å². The van der Waals surface area contributed by atoms with E-state index in [1.807, 2.05) is 18.5 Å². The molecule has 1 aliphatic rings. The van der Waals surface area contributed by atoms with E-state index in [4.69, 9.17) is 0 Å². The van der Waals surface area contributed by atoms with Gasteiger partial charge < -0.3 is 0 Å². The van der Waals surface area contributed by atoms with Gasteiger partial charge in [-0.1, -0.05) is 6.07 Å². The summed E-state index contributed by atoms with van der Waals surface area (Å²) in [5.74, 6) is 0. The van der Waals surface area contributed by atoms with Crippen molar-refractivity contribution in [1.29, 1.82) is 0 Å². The third-order valence-corrected chi connectivity index (χ3v) is 2.77. The zero-order valence-corrected chi connectivity index (χ0v) is 8.98. The molecule has 76 valence electrons. The van der Waals surface area contributed by atoms with Crippen molar-refractivity contribution in [3.63, 3.8) is 0 Å². The van der Waals surface area contributed by atoms with Gasteiger partial charge in [-0.05, 0) is 38.3 Å². The Kier molecular flexibility index (Phi) is 2.82. The molecule has 0 saturated heterocycles. The number of aromatic nitrogens is 1. The Labute approximate surface area is 86.0 Å². The molecule has 0 spiro atoms. The predicted octanol–water partition coefficient (Wildman–Crippen LogP) is 2.45. The molecule has 2 nitrogen and oxygen atoms in total. The van der Waals surface area contributed by atoms with Crippen LogP contribution in [-0.2, 0) is 6.54 Å². The fourth-order valence-electron chi connectivity index (χ4n) is 1.84. The molecule has 0 N–H and O–H groups in total. The number of pyridine rings is 1. The minimum absolute atomic E-state index is 0.641. The number of hydrogen-bond donors (Lipinski definition) is 0. The molecule has 1 aromatic heterocycles. The first kappa shape index (κ1) is 9.66. The lowest BCUT2D eigenvalue weighted by Gasteiger charge is -2.26. The highest BCUT2D eigenvalue weighted by atomic mass is 15.2. The lowest BCUT2D eigenvalue weighted by molar-refractivity contribution is 0.202. The van der Waals surface area contributed by atoms with Crippen LogP contribution in [0.4, 0.5) is 0 Å². The molecule has 0 amide bonds. The van der Waals surface area contributed by atoms with E-state index in [2.05, 4.69) is 29.8 Å². The Morgan fingerprint density at radius 1 is 1.50 bits per heavy atom. The molecule has 1 saturated carbocycles. The van der Waals surface area contributed by atoms with E-state index < -0.39 is 0 Å². The summed E-state index contributed by atoms with van der Waals surface area (Å²) in [6.45, 7) is 5.60. The highest BCUT2D eigenvalue weighted by molar-refractivity contribution is 5.09. The van der Waals surface area contributed by atoms with Crippen molar-refractivity contribution in [3.8, 4) is 0 Å². The summed E-state index contributed by atoms with van der Waals surface area (Å²) in [6, 6.07) is 5.64. The standard InChI is InChI=1S/C12H18N2/c1-10(2)14(12-5-6-12)9-11-4-3-7-13-8-11/h3-4,7-8,10,12H,5-6,9H2,1-2H3. The zero-order valence-electron chi connectivity index (χ0n) is 8.98. The maximum Gasteiger partial charge on any atom is 0.0312 e. The second kappa shape index (κ2) is 4.09. The second-order valence-corrected chi connectivity index (χ2v) is 4.36. The van der Waals surface area contributed by atoms with Gasteiger partial charge in [-0.25, -0.2) is 0 Å². The molecule has 2 rings (SSSR count). The van der Waals surface area contributed by atoms with Gasteiger partial charge in [-0.2, -0.15) is 0 Å². The number of rotatable bonds is 4. The van der Waals surface area contributed by atoms with Crippen molar-refractivity contribution in [2.45, 2.75) is 45.3 Å². The Bertz CT molecular complexity index is 276. The average molecular weight is 190 g/mol. The van der Waals surface area contributed by atoms with Gasteiger partial charge in [0.05, 0.1) is 0 Å². The fourth-order valence-corrected chi connectivity index (χ4v) is 1.84. The molecule has 2 heteroatoms. The summed E-state index contributed by atoms with van der Waals surface area (Å²) < 4.78 is 0. The van der Waals surface area contributed by atoms with E-state index >= 15 is 0 Å². The third-order valence-electron chi connectivity index (χ3n) is 2.77. The molecule has 1 aliphatic carbocycles. The van der Waals surface area contributed by atoms with Crippen LogP contribution < -0.4 is 0 Å². The topological polar surface area (TPSA) is 16.1 Å². The first-order valence-electron chi connectivity index (χ1n) is 5.42. The second-order valence-electron chi connectivity index (χ2n) is 4.36. The quantitative estimate of drug-likeness (QED) is 0.725. The summed E-state index contributed by atoms with van der Waals surface area (Å²) >= 11 is 0. The molecule has 1 aromatic rings. The van der Waals surface area contributed by atoms with E-state index in [0.29, 0.717) is 6.04 Å². The first-order valence-corrected chi connectivity index (χ1v) is 5.42. The maximum absolute atomic E-state index is 4.15. The summed E-state index contributed by atoms with van der Waals surface area (Å²) in [4.78, 5) is 6.72. The van der Waals surface area contributed by atoms with Gasteiger partial charge in [0.2, 0.25) is 0 Å². The largest absolute Gasteiger partial charge is 0.294 e. The van der Waals surface area contributed by atoms with Gasteiger partial charge in [-0.15, -0.1) is 0 Å². The Morgan fingerprint density at radius 2 is 2.29 bits per heavy atom. The van der Waals surface area contributed by atoms with Crippen LogP contribution >= 0.6 is 0 Å². The molecule has 0 unspecified atom stereocenters. The van der Waals surface area contributed by atoms with Crippen LogP contribution in [0.25, 0.3) is 0 Å². The SMILES string of the molecule is CC(C)N(Cc1cccnc1)C1CC1. The van der Waals surface area contributed by atoms with Gasteiger partial charge >= 0.3 is 0 Å². The highest BCUT2D eigenvalue weighted by Gasteiger charge is 2.30. The van der Waals surface area contributed by atoms with Crippen molar-refractivity contribution in [1.82, 2.24) is 9.88 Å². The lowest BCUT2D eigenvalue weighted by atomic mass is 10.2. The van der Waals surface area contributed by atoms with Crippen LogP contribution in [0.2, 0.25) is 0 Å². The molecule has 14 heavy (non-hydrogen) atoms. The van der Waals surface area contributed by atoms with Crippen LogP contribution in [0.1, 0.15) is 32.3 Å². The summed E-state index contributed by atoms with van der Waals surface area (Å²) in [5, 5.41) is 0. The Hall–Kier alpha value is -0.890. The van der Waals surface area contributed by atoms with Gasteiger partial charge in [0, 0.05) is 31.0 Å². The van der Waals surface area contributed by atoms with E-state index in [9.17, 15) is 0 Å². The summed E-state index contributed by atoms with van der Waals surface area (Å²) in [7, 11) is 0. The van der Waals surface area contributed by atoms with Gasteiger partial charge in [0.1, 0.15) is 0 Å². The molecular formula is C12H18N2. The first-order chi connectivity index (χ1) is 6.77. The van der Waals surface area contributed by atoms with Gasteiger partial charge in [0.25, 0.3) is 0 Å². The Morgan fingerprint density at radius 3 is 2.79 bits per heavy atom. The molecule has 0 atom stereocenters. The van der Waals surface area contributed by atoms with E-state index in [0.717, 1.165) is 12.6 Å². The molecule has 0 aromatic carbocycles. The smallest absolute Gasteiger partial charge is 0.0312 e. The minimum Gasteiger partial charge on any atom is -0.294 e. The normalized spacial score (nSPS) is 16.6. The van der Waals surface area contributed by atoms with Gasteiger partial charge in [-0.3, -0.25) is 9.88 Å². The lowest BCUT2D eigenvalue weighted by Crippen LogP contribution is -2.32. The molecule has 0 bridgehead atoms. The molecule has 1 fully saturated rings. The zero-order chi connectivity index (χ0) is 9.97. The van der Waals surface area contributed by atoms with Crippen molar-refractivity contribution in [3.05, 3.63) is 30.1 Å². The van der Waals surface area contributed by atoms with E-state index in [1.54, 1.807) is 0 Å². The van der Waals surface area contributed by atoms with Crippen LogP contribution in [0.5, 0.6) is 0 Å². The predicted molar refractivity (Wildman–Crippen MR) is 57.9 cm³/mol. The fraction of sp³-hybridized carbons (Fsp3) is 0.583. The Balaban J connectivity index is 2.00. The summed E-state index contributed by atoms with van der Waals surface area (Å²) in [5.41, 5.74) is 1.33. The van der Waals surface area contributed by atoms with Crippen LogP contribution in [0.3, 0.4) is 0 Å². The van der Waals surface area contributed by atoms with Crippen molar-refractivity contribution < 1.29 is 0 Å². The van der Waals surface area contributed by atoms with Crippen LogP contribution in [0.15, 0.2) is 24.5 Å². The monoisotopic (exact) mass is 190 g/mol. The van der Waals surface area contributed by atoms with E-state index in [-0.39, 0.29) is 0 Å². The van der Waals surface area contributed by atoms with Crippen LogP contribution in [0, 0.1) is 0 Å². The van der Waals surface area contributed by atoms with Crippen molar-refractivity contribution in [2.24, 2.45) is 0 Å². The third kappa shape index (κ3) is 2.32. The molecular weight excluding hydrogens is 172 g/mol. The van der Waals surface area contributed by atoms with Gasteiger partial charge in [0.15, 0.2) is 0 Å². The number of nitrogens with zero attached hydrogens (tertiary/aromatic N) is 2.